The molecule has 1 radical (unpaired) electrons. The second kappa shape index (κ2) is 6.40. The average Bonchev–Trinajstić information content (AvgIpc) is 3.01. The van der Waals surface area contributed by atoms with Gasteiger partial charge in [0.1, 0.15) is 11.3 Å². The number of benzene rings is 2. The molecule has 2 heterocycles. The molecule has 0 amide bonds. The zero-order chi connectivity index (χ0) is 16.5. The molecule has 0 saturated carbocycles. The monoisotopic (exact) mass is 341 g/mol. The molecule has 1 aliphatic rings. The highest BCUT2D eigenvalue weighted by molar-refractivity contribution is 7.22. The van der Waals surface area contributed by atoms with E-state index < -0.39 is 0 Å². The molecule has 3 aromatic rings. The van der Waals surface area contributed by atoms with Gasteiger partial charge >= 0.3 is 0 Å². The van der Waals surface area contributed by atoms with Crippen molar-refractivity contribution in [3.63, 3.8) is 0 Å². The Balaban J connectivity index is 1.42. The Morgan fingerprint density at radius 2 is 1.96 bits per heavy atom. The van der Waals surface area contributed by atoms with E-state index in [0.717, 1.165) is 47.7 Å². The van der Waals surface area contributed by atoms with Gasteiger partial charge in [0.05, 0.1) is 4.70 Å². The lowest BCUT2D eigenvalue weighted by Crippen LogP contribution is -2.34. The molecule has 3 nitrogen and oxygen atoms in total. The summed E-state index contributed by atoms with van der Waals surface area (Å²) >= 11 is 1.59. The van der Waals surface area contributed by atoms with Gasteiger partial charge in [-0.25, -0.2) is 9.37 Å². The predicted octanol–water partition coefficient (Wildman–Crippen LogP) is 5.04. The van der Waals surface area contributed by atoms with Crippen LogP contribution in [0.2, 0.25) is 0 Å². The summed E-state index contributed by atoms with van der Waals surface area (Å²) in [7, 11) is 0. The summed E-state index contributed by atoms with van der Waals surface area (Å²) in [6, 6.07) is 12.2. The molecule has 1 aromatic heterocycles. The van der Waals surface area contributed by atoms with E-state index in [2.05, 4.69) is 9.88 Å². The molecule has 1 fully saturated rings. The number of anilines is 1. The highest BCUT2D eigenvalue weighted by Gasteiger charge is 2.22. The Kier molecular flexibility index (Phi) is 4.10. The van der Waals surface area contributed by atoms with Gasteiger partial charge in [0.25, 0.3) is 0 Å². The first-order valence-corrected chi connectivity index (χ1v) is 9.06. The van der Waals surface area contributed by atoms with Crippen LogP contribution in [0.15, 0.2) is 42.5 Å². The number of halogens is 1. The molecule has 123 valence electrons. The first kappa shape index (κ1) is 15.4. The van der Waals surface area contributed by atoms with Gasteiger partial charge in [0.15, 0.2) is 5.13 Å². The summed E-state index contributed by atoms with van der Waals surface area (Å²) in [6.07, 6.45) is 3.06. The quantitative estimate of drug-likeness (QED) is 0.669. The van der Waals surface area contributed by atoms with Crippen molar-refractivity contribution in [1.29, 1.82) is 0 Å². The van der Waals surface area contributed by atoms with Crippen LogP contribution < -0.4 is 4.90 Å². The third kappa shape index (κ3) is 3.08. The van der Waals surface area contributed by atoms with Crippen molar-refractivity contribution in [1.82, 2.24) is 4.98 Å². The maximum Gasteiger partial charge on any atom is 0.205 e. The van der Waals surface area contributed by atoms with Crippen molar-refractivity contribution in [3.05, 3.63) is 53.8 Å². The number of nitrogens with zero attached hydrogens (tertiary/aromatic N) is 2. The van der Waals surface area contributed by atoms with E-state index in [9.17, 15) is 9.50 Å². The molecular weight excluding hydrogens is 323 g/mol. The van der Waals surface area contributed by atoms with Crippen LogP contribution in [0.3, 0.4) is 0 Å². The minimum atomic E-state index is -0.159. The van der Waals surface area contributed by atoms with E-state index in [1.165, 1.54) is 6.07 Å². The number of fused-ring (bicyclic) bond motifs is 1. The molecular formula is C19H18FN2OS. The summed E-state index contributed by atoms with van der Waals surface area (Å²) < 4.78 is 14.3. The van der Waals surface area contributed by atoms with E-state index in [4.69, 9.17) is 0 Å². The summed E-state index contributed by atoms with van der Waals surface area (Å²) in [5.74, 6) is 0.413. The van der Waals surface area contributed by atoms with Crippen molar-refractivity contribution in [2.45, 2.75) is 19.3 Å². The molecule has 0 bridgehead atoms. The summed E-state index contributed by atoms with van der Waals surface area (Å²) in [4.78, 5) is 6.81. The zero-order valence-corrected chi connectivity index (χ0v) is 14.1. The molecule has 0 spiro atoms. The topological polar surface area (TPSA) is 36.0 Å². The minimum Gasteiger partial charge on any atom is -0.348 e. The Hall–Kier alpha value is -2.14. The highest BCUT2D eigenvalue weighted by Crippen LogP contribution is 2.35. The van der Waals surface area contributed by atoms with Gasteiger partial charge < -0.3 is 4.90 Å². The number of hydrogen-bond acceptors (Lipinski definition) is 3. The van der Waals surface area contributed by atoms with Gasteiger partial charge in [-0.1, -0.05) is 29.5 Å². The Morgan fingerprint density at radius 3 is 2.71 bits per heavy atom. The van der Waals surface area contributed by atoms with Crippen LogP contribution in [0.25, 0.3) is 10.2 Å². The zero-order valence-electron chi connectivity index (χ0n) is 13.2. The van der Waals surface area contributed by atoms with E-state index in [0.29, 0.717) is 11.4 Å². The molecule has 2 aromatic carbocycles. The molecule has 1 saturated heterocycles. The van der Waals surface area contributed by atoms with E-state index >= 15 is 0 Å². The summed E-state index contributed by atoms with van der Waals surface area (Å²) in [5.41, 5.74) is 1.66. The van der Waals surface area contributed by atoms with Crippen molar-refractivity contribution in [2.24, 2.45) is 5.92 Å². The fourth-order valence-electron chi connectivity index (χ4n) is 3.37. The summed E-state index contributed by atoms with van der Waals surface area (Å²) in [6.45, 7) is 1.88. The largest absolute Gasteiger partial charge is 0.348 e. The first-order chi connectivity index (χ1) is 11.7. The summed E-state index contributed by atoms with van der Waals surface area (Å²) in [5, 5.41) is 12.8. The lowest BCUT2D eigenvalue weighted by molar-refractivity contribution is 0.359. The Bertz CT molecular complexity index is 855. The third-order valence-corrected chi connectivity index (χ3v) is 5.75. The molecule has 4 rings (SSSR count). The second-order valence-corrected chi connectivity index (χ2v) is 7.37. The number of aromatic nitrogens is 1. The molecule has 0 N–H and O–H groups in total. The van der Waals surface area contributed by atoms with Crippen molar-refractivity contribution in [3.8, 4) is 5.75 Å². The maximum atomic E-state index is 13.3. The van der Waals surface area contributed by atoms with Crippen LogP contribution in [-0.2, 0) is 11.5 Å². The van der Waals surface area contributed by atoms with Crippen LogP contribution in [0.4, 0.5) is 9.52 Å². The van der Waals surface area contributed by atoms with Gasteiger partial charge in [-0.05, 0) is 55.0 Å². The average molecular weight is 341 g/mol. The van der Waals surface area contributed by atoms with Crippen molar-refractivity contribution < 1.29 is 9.50 Å². The normalized spacial score (nSPS) is 16.0. The predicted molar refractivity (Wildman–Crippen MR) is 94.8 cm³/mol. The van der Waals surface area contributed by atoms with E-state index in [1.807, 2.05) is 12.1 Å². The Morgan fingerprint density at radius 1 is 1.17 bits per heavy atom. The van der Waals surface area contributed by atoms with Crippen LogP contribution in [0.5, 0.6) is 5.75 Å². The fourth-order valence-corrected chi connectivity index (χ4v) is 4.41. The minimum absolute atomic E-state index is 0.00371. The van der Waals surface area contributed by atoms with E-state index in [1.54, 1.807) is 35.6 Å². The van der Waals surface area contributed by atoms with Crippen molar-refractivity contribution in [2.75, 3.05) is 18.0 Å². The Labute approximate surface area is 144 Å². The molecule has 1 aliphatic heterocycles. The van der Waals surface area contributed by atoms with Crippen LogP contribution in [0, 0.1) is 11.7 Å². The lowest BCUT2D eigenvalue weighted by Gasteiger charge is -2.31. The SMILES string of the molecule is [O]c1cccc2sc(N3CCC(Cc4cccc(F)c4)CC3)nc12. The van der Waals surface area contributed by atoms with Gasteiger partial charge in [-0.3, -0.25) is 5.11 Å². The molecule has 0 unspecified atom stereocenters. The highest BCUT2D eigenvalue weighted by atomic mass is 32.1. The third-order valence-electron chi connectivity index (χ3n) is 4.67. The van der Waals surface area contributed by atoms with Crippen LogP contribution >= 0.6 is 11.3 Å². The van der Waals surface area contributed by atoms with Gasteiger partial charge in [0, 0.05) is 13.1 Å². The number of piperidine rings is 1. The molecule has 5 heteroatoms. The van der Waals surface area contributed by atoms with Gasteiger partial charge in [0.2, 0.25) is 5.75 Å². The number of thiazole rings is 1. The van der Waals surface area contributed by atoms with Crippen molar-refractivity contribution >= 4 is 26.7 Å². The molecule has 0 aliphatic carbocycles. The first-order valence-electron chi connectivity index (χ1n) is 8.25. The lowest BCUT2D eigenvalue weighted by atomic mass is 9.90. The second-order valence-electron chi connectivity index (χ2n) is 6.36. The molecule has 24 heavy (non-hydrogen) atoms. The van der Waals surface area contributed by atoms with Crippen LogP contribution in [0.1, 0.15) is 18.4 Å². The van der Waals surface area contributed by atoms with E-state index in [-0.39, 0.29) is 11.6 Å². The fraction of sp³-hybridized carbons (Fsp3) is 0.316. The number of para-hydroxylation sites is 1. The molecule has 0 atom stereocenters. The van der Waals surface area contributed by atoms with Gasteiger partial charge in [-0.2, -0.15) is 0 Å². The van der Waals surface area contributed by atoms with Crippen LogP contribution in [-0.4, -0.2) is 18.1 Å². The standard InChI is InChI=1S/C19H18FN2OS/c20-15-4-1-3-14(12-15)11-13-7-9-22(10-8-13)19-21-18-16(23)5-2-6-17(18)24-19/h1-6,12-13H,7-11H2. The number of rotatable bonds is 3. The maximum absolute atomic E-state index is 13.3. The number of hydrogen-bond donors (Lipinski definition) is 0. The smallest absolute Gasteiger partial charge is 0.205 e. The van der Waals surface area contributed by atoms with Gasteiger partial charge in [-0.15, -0.1) is 0 Å².